The second-order valence-corrected chi connectivity index (χ2v) is 10.0. The molecule has 0 amide bonds. The maximum Gasteiger partial charge on any atom is 0.211 e. The highest BCUT2D eigenvalue weighted by atomic mass is 16.7. The van der Waals surface area contributed by atoms with E-state index in [-0.39, 0.29) is 5.57 Å². The number of carbonyl (C=O) groups is 1. The van der Waals surface area contributed by atoms with Crippen molar-refractivity contribution in [3.8, 4) is 0 Å². The fourth-order valence-electron chi connectivity index (χ4n) is 7.96. The van der Waals surface area contributed by atoms with Crippen molar-refractivity contribution in [2.24, 2.45) is 34.0 Å². The van der Waals surface area contributed by atoms with Gasteiger partial charge in [0.1, 0.15) is 11.5 Å². The molecule has 7 nitrogen and oxygen atoms in total. The Kier molecular flexibility index (Phi) is 3.26. The Bertz CT molecular complexity index is 749. The lowest BCUT2D eigenvalue weighted by Crippen LogP contribution is -2.87. The number of carbonyl (C=O) groups excluding carboxylic acids is 1. The largest absolute Gasteiger partial charge is 0.392 e. The summed E-state index contributed by atoms with van der Waals surface area (Å²) in [6.07, 6.45) is -3.43. The van der Waals surface area contributed by atoms with E-state index in [2.05, 4.69) is 6.58 Å². The molecule has 6 fully saturated rings. The molecule has 1 unspecified atom stereocenters. The maximum absolute atomic E-state index is 13.4. The second kappa shape index (κ2) is 4.83. The fraction of sp³-hybridized carbons (Fsp3) is 0.850. The molecule has 2 heterocycles. The summed E-state index contributed by atoms with van der Waals surface area (Å²) in [4.78, 5) is 13.4. The summed E-state index contributed by atoms with van der Waals surface area (Å²) in [6, 6.07) is 0. The molecule has 6 aliphatic rings. The van der Waals surface area contributed by atoms with Gasteiger partial charge in [0.25, 0.3) is 0 Å². The number of ether oxygens (including phenoxy) is 1. The summed E-state index contributed by atoms with van der Waals surface area (Å²) >= 11 is 0. The molecule has 0 aromatic rings. The molecule has 10 atom stereocenters. The minimum absolute atomic E-state index is 0.230. The Morgan fingerprint density at radius 1 is 1.07 bits per heavy atom. The summed E-state index contributed by atoms with van der Waals surface area (Å²) in [5.74, 6) is -4.83. The zero-order valence-electron chi connectivity index (χ0n) is 15.6. The third kappa shape index (κ3) is 1.52. The lowest BCUT2D eigenvalue weighted by molar-refractivity contribution is -0.507. The molecule has 150 valence electrons. The number of hydrogen-bond acceptors (Lipinski definition) is 7. The van der Waals surface area contributed by atoms with Crippen LogP contribution in [0.2, 0.25) is 0 Å². The van der Waals surface area contributed by atoms with Crippen molar-refractivity contribution >= 4 is 5.78 Å². The quantitative estimate of drug-likeness (QED) is 0.365. The van der Waals surface area contributed by atoms with E-state index in [4.69, 9.17) is 4.74 Å². The van der Waals surface area contributed by atoms with Crippen molar-refractivity contribution in [1.82, 2.24) is 0 Å². The number of fused-ring (bicyclic) bond motifs is 2. The molecule has 0 aromatic heterocycles. The van der Waals surface area contributed by atoms with Crippen molar-refractivity contribution < 1.29 is 35.1 Å². The van der Waals surface area contributed by atoms with Crippen molar-refractivity contribution in [3.63, 3.8) is 0 Å². The summed E-state index contributed by atoms with van der Waals surface area (Å²) < 4.78 is 5.57. The number of Topliss-reactive ketones (excluding diaryl/α,β-unsaturated/α-hetero) is 1. The molecular weight excluding hydrogens is 352 g/mol. The van der Waals surface area contributed by atoms with Gasteiger partial charge in [0.05, 0.1) is 17.6 Å². The second-order valence-electron chi connectivity index (χ2n) is 10.0. The molecule has 4 bridgehead atoms. The zero-order chi connectivity index (χ0) is 19.7. The molecule has 27 heavy (non-hydrogen) atoms. The van der Waals surface area contributed by atoms with Crippen LogP contribution in [0.25, 0.3) is 0 Å². The fourth-order valence-corrected chi connectivity index (χ4v) is 7.96. The van der Waals surface area contributed by atoms with Gasteiger partial charge in [-0.2, -0.15) is 0 Å². The van der Waals surface area contributed by atoms with E-state index in [0.717, 1.165) is 0 Å². The van der Waals surface area contributed by atoms with Gasteiger partial charge in [-0.3, -0.25) is 4.79 Å². The van der Waals surface area contributed by atoms with Gasteiger partial charge in [0, 0.05) is 11.8 Å². The SMILES string of the molecule is C=C1C(=O)[C@]23[C@H](O)[C@H]1CC[C@H]2[C@@]12C(O)O[C@@]3(O)[C@@H](O)[C@@H]1C(C)(C)CC[C@H]2O. The van der Waals surface area contributed by atoms with Crippen LogP contribution in [0.1, 0.15) is 39.5 Å². The third-order valence-corrected chi connectivity index (χ3v) is 8.93. The molecule has 0 aromatic carbocycles. The topological polar surface area (TPSA) is 127 Å². The molecule has 4 saturated carbocycles. The highest BCUT2D eigenvalue weighted by Gasteiger charge is 2.88. The van der Waals surface area contributed by atoms with E-state index in [1.54, 1.807) is 0 Å². The molecular formula is C20H28O7. The molecule has 2 saturated heterocycles. The first kappa shape index (κ1) is 18.2. The summed E-state index contributed by atoms with van der Waals surface area (Å²) in [5.41, 5.74) is -3.41. The lowest BCUT2D eigenvalue weighted by Gasteiger charge is -2.75. The first-order valence-corrected chi connectivity index (χ1v) is 9.85. The standard InChI is InChI=1S/C20H28O7/c1-8-9-4-5-10-18-11(21)6-7-17(2,3)12(18)15(24)20(26,27-16(18)25)19(10,13(8)22)14(9)23/h9-12,14-16,21,23-26H,1,4-7H2,2-3H3/t9-,10-,11+,12+,14+,15-,16?,18-,19-,20-/m0/s1. The predicted octanol–water partition coefficient (Wildman–Crippen LogP) is -0.306. The lowest BCUT2D eigenvalue weighted by atomic mass is 9.35. The Hall–Kier alpha value is -0.830. The van der Waals surface area contributed by atoms with Crippen molar-refractivity contribution in [2.45, 2.75) is 69.9 Å². The molecule has 4 aliphatic carbocycles. The summed E-state index contributed by atoms with van der Waals surface area (Å²) in [6.45, 7) is 7.72. The minimum atomic E-state index is -2.42. The van der Waals surface area contributed by atoms with Gasteiger partial charge in [0.15, 0.2) is 12.1 Å². The van der Waals surface area contributed by atoms with Gasteiger partial charge in [-0.1, -0.05) is 20.4 Å². The van der Waals surface area contributed by atoms with E-state index in [0.29, 0.717) is 25.7 Å². The van der Waals surface area contributed by atoms with Crippen LogP contribution < -0.4 is 0 Å². The Morgan fingerprint density at radius 3 is 2.41 bits per heavy atom. The summed E-state index contributed by atoms with van der Waals surface area (Å²) in [7, 11) is 0. The molecule has 5 N–H and O–H groups in total. The Balaban J connectivity index is 1.84. The smallest absolute Gasteiger partial charge is 0.211 e. The van der Waals surface area contributed by atoms with Crippen molar-refractivity contribution in [3.05, 3.63) is 12.2 Å². The van der Waals surface area contributed by atoms with Gasteiger partial charge in [-0.05, 0) is 42.6 Å². The van der Waals surface area contributed by atoms with Gasteiger partial charge in [0.2, 0.25) is 5.79 Å². The first-order valence-electron chi connectivity index (χ1n) is 9.85. The van der Waals surface area contributed by atoms with E-state index in [9.17, 15) is 30.3 Å². The number of hydrogen-bond donors (Lipinski definition) is 5. The molecule has 0 radical (unpaired) electrons. The maximum atomic E-state index is 13.4. The molecule has 6 rings (SSSR count). The van der Waals surface area contributed by atoms with Gasteiger partial charge in [-0.15, -0.1) is 0 Å². The van der Waals surface area contributed by atoms with E-state index in [1.807, 2.05) is 13.8 Å². The summed E-state index contributed by atoms with van der Waals surface area (Å²) in [5, 5.41) is 56.2. The van der Waals surface area contributed by atoms with Crippen LogP contribution >= 0.6 is 0 Å². The zero-order valence-corrected chi connectivity index (χ0v) is 15.6. The molecule has 7 heteroatoms. The molecule has 2 aliphatic heterocycles. The normalized spacial score (nSPS) is 60.9. The van der Waals surface area contributed by atoms with Gasteiger partial charge < -0.3 is 30.3 Å². The van der Waals surface area contributed by atoms with E-state index >= 15 is 0 Å². The monoisotopic (exact) mass is 380 g/mol. The van der Waals surface area contributed by atoms with Crippen molar-refractivity contribution in [2.75, 3.05) is 0 Å². The van der Waals surface area contributed by atoms with Crippen LogP contribution in [0.5, 0.6) is 0 Å². The van der Waals surface area contributed by atoms with E-state index < -0.39 is 70.2 Å². The predicted molar refractivity (Wildman–Crippen MR) is 91.8 cm³/mol. The van der Waals surface area contributed by atoms with Crippen LogP contribution in [-0.4, -0.2) is 61.7 Å². The first-order chi connectivity index (χ1) is 12.5. The van der Waals surface area contributed by atoms with Crippen LogP contribution in [0.3, 0.4) is 0 Å². The average Bonchev–Trinajstić information content (AvgIpc) is 2.70. The number of aliphatic hydroxyl groups excluding tert-OH is 4. The van der Waals surface area contributed by atoms with Crippen LogP contribution in [0.4, 0.5) is 0 Å². The minimum Gasteiger partial charge on any atom is -0.392 e. The molecule has 2 spiro atoms. The van der Waals surface area contributed by atoms with Crippen LogP contribution in [0, 0.1) is 34.0 Å². The average molecular weight is 380 g/mol. The van der Waals surface area contributed by atoms with Gasteiger partial charge >= 0.3 is 0 Å². The van der Waals surface area contributed by atoms with Crippen molar-refractivity contribution in [1.29, 1.82) is 0 Å². The van der Waals surface area contributed by atoms with Crippen LogP contribution in [-0.2, 0) is 9.53 Å². The number of ketones is 1. The Labute approximate surface area is 157 Å². The number of aliphatic hydroxyl groups is 5. The highest BCUT2D eigenvalue weighted by molar-refractivity contribution is 6.05. The van der Waals surface area contributed by atoms with Gasteiger partial charge in [-0.25, -0.2) is 0 Å². The number of rotatable bonds is 0. The third-order valence-electron chi connectivity index (χ3n) is 8.93. The highest BCUT2D eigenvalue weighted by Crippen LogP contribution is 2.77. The van der Waals surface area contributed by atoms with Crippen LogP contribution in [0.15, 0.2) is 12.2 Å². The van der Waals surface area contributed by atoms with E-state index in [1.165, 1.54) is 0 Å². The Morgan fingerprint density at radius 2 is 1.74 bits per heavy atom.